The molecule has 2 heteroatoms. The van der Waals surface area contributed by atoms with Gasteiger partial charge in [-0.2, -0.15) is 0 Å². The molecule has 1 atom stereocenters. The molecule has 1 unspecified atom stereocenters. The molecular formula is C15H22O2. The fourth-order valence-corrected chi connectivity index (χ4v) is 1.60. The third-order valence-electron chi connectivity index (χ3n) is 2.75. The van der Waals surface area contributed by atoms with E-state index in [0.29, 0.717) is 0 Å². The van der Waals surface area contributed by atoms with Crippen LogP contribution in [0.1, 0.15) is 42.9 Å². The molecule has 1 rings (SSSR count). The van der Waals surface area contributed by atoms with Crippen molar-refractivity contribution in [3.05, 3.63) is 35.4 Å². The maximum Gasteiger partial charge on any atom is 0.308 e. The first-order chi connectivity index (χ1) is 9.05. The predicted molar refractivity (Wildman–Crippen MR) is 70.0 cm³/mol. The first-order valence-corrected chi connectivity index (χ1v) is 5.73. The minimum atomic E-state index is -2.35. The number of ether oxygens (including phenoxy) is 1. The number of hydrogen-bond acceptors (Lipinski definition) is 2. The lowest BCUT2D eigenvalue weighted by atomic mass is 9.86. The van der Waals surface area contributed by atoms with Crippen molar-refractivity contribution in [3.63, 3.8) is 0 Å². The summed E-state index contributed by atoms with van der Waals surface area (Å²) in [6, 6.07) is 7.71. The molecule has 0 aromatic heterocycles. The highest BCUT2D eigenvalue weighted by Gasteiger charge is 2.15. The van der Waals surface area contributed by atoms with E-state index in [9.17, 15) is 4.79 Å². The minimum absolute atomic E-state index is 0.0459. The average molecular weight is 237 g/mol. The Labute approximate surface area is 108 Å². The van der Waals surface area contributed by atoms with E-state index >= 15 is 0 Å². The number of methoxy groups -OCH3 is 1. The lowest BCUT2D eigenvalue weighted by Gasteiger charge is -2.19. The van der Waals surface area contributed by atoms with Gasteiger partial charge in [0.2, 0.25) is 0 Å². The minimum Gasteiger partial charge on any atom is -0.469 e. The number of rotatable bonds is 3. The highest BCUT2D eigenvalue weighted by atomic mass is 16.5. The van der Waals surface area contributed by atoms with Crippen LogP contribution in [-0.4, -0.2) is 13.1 Å². The van der Waals surface area contributed by atoms with Gasteiger partial charge >= 0.3 is 5.97 Å². The predicted octanol–water partition coefficient (Wildman–Crippen LogP) is 3.34. The molecule has 0 heterocycles. The maximum absolute atomic E-state index is 11.6. The van der Waals surface area contributed by atoms with Crippen LogP contribution in [0.5, 0.6) is 0 Å². The van der Waals surface area contributed by atoms with Gasteiger partial charge in [-0.3, -0.25) is 4.79 Å². The van der Waals surface area contributed by atoms with E-state index in [-0.39, 0.29) is 11.8 Å². The monoisotopic (exact) mass is 237 g/mol. The van der Waals surface area contributed by atoms with Gasteiger partial charge in [-0.15, -0.1) is 0 Å². The summed E-state index contributed by atoms with van der Waals surface area (Å²) in [5.41, 5.74) is 2.04. The molecule has 2 nitrogen and oxygen atoms in total. The summed E-state index contributed by atoms with van der Waals surface area (Å²) in [7, 11) is 1.21. The standard InChI is InChI=1S/C15H22O2/c1-11(14(16)17-5)10-12-6-8-13(9-7-12)15(2,3)4/h6-9,11H,10H2,1-5H3/i1D3. The Morgan fingerprint density at radius 3 is 2.35 bits per heavy atom. The summed E-state index contributed by atoms with van der Waals surface area (Å²) < 4.78 is 26.9. The molecule has 0 aliphatic rings. The smallest absolute Gasteiger partial charge is 0.308 e. The number of hydrogen-bond donors (Lipinski definition) is 0. The Morgan fingerprint density at radius 1 is 1.35 bits per heavy atom. The Kier molecular flexibility index (Phi) is 3.05. The summed E-state index contributed by atoms with van der Waals surface area (Å²) in [5, 5.41) is 0. The lowest BCUT2D eigenvalue weighted by molar-refractivity contribution is -0.144. The van der Waals surface area contributed by atoms with Crippen LogP contribution in [0, 0.1) is 5.92 Å². The molecule has 0 aliphatic heterocycles. The van der Waals surface area contributed by atoms with Gasteiger partial charge in [0.15, 0.2) is 0 Å². The van der Waals surface area contributed by atoms with Gasteiger partial charge in [-0.25, -0.2) is 0 Å². The van der Waals surface area contributed by atoms with Crippen molar-refractivity contribution in [1.82, 2.24) is 0 Å². The highest BCUT2D eigenvalue weighted by Crippen LogP contribution is 2.22. The van der Waals surface area contributed by atoms with E-state index in [0.717, 1.165) is 5.56 Å². The summed E-state index contributed by atoms with van der Waals surface area (Å²) in [5.74, 6) is -1.81. The summed E-state index contributed by atoms with van der Waals surface area (Å²) in [6.45, 7) is 3.99. The molecule has 0 radical (unpaired) electrons. The van der Waals surface area contributed by atoms with Crippen LogP contribution < -0.4 is 0 Å². The zero-order valence-electron chi connectivity index (χ0n) is 13.9. The van der Waals surface area contributed by atoms with Gasteiger partial charge in [0.1, 0.15) is 0 Å². The number of carbonyl (C=O) groups excluding carboxylic acids is 1. The zero-order chi connectivity index (χ0) is 15.6. The van der Waals surface area contributed by atoms with Gasteiger partial charge in [-0.05, 0) is 23.0 Å². The van der Waals surface area contributed by atoms with Crippen LogP contribution in [-0.2, 0) is 21.4 Å². The van der Waals surface area contributed by atoms with Crippen molar-refractivity contribution in [2.75, 3.05) is 7.11 Å². The molecule has 94 valence electrons. The molecule has 0 N–H and O–H groups in total. The number of esters is 1. The first-order valence-electron chi connectivity index (χ1n) is 7.23. The van der Waals surface area contributed by atoms with Gasteiger partial charge in [-0.1, -0.05) is 51.9 Å². The number of benzene rings is 1. The summed E-state index contributed by atoms with van der Waals surface area (Å²) in [4.78, 5) is 11.6. The molecule has 1 aromatic carbocycles. The first kappa shape index (κ1) is 9.69. The van der Waals surface area contributed by atoms with Crippen LogP contribution in [0.25, 0.3) is 0 Å². The Balaban J connectivity index is 2.93. The largest absolute Gasteiger partial charge is 0.469 e. The molecule has 0 spiro atoms. The molecule has 0 amide bonds. The van der Waals surface area contributed by atoms with Gasteiger partial charge < -0.3 is 4.74 Å². The van der Waals surface area contributed by atoms with E-state index < -0.39 is 18.7 Å². The average Bonchev–Trinajstić information content (AvgIpc) is 2.33. The Bertz CT molecular complexity index is 455. The van der Waals surface area contributed by atoms with E-state index in [1.807, 2.05) is 24.3 Å². The molecule has 0 fully saturated rings. The van der Waals surface area contributed by atoms with Gasteiger partial charge in [0.05, 0.1) is 13.0 Å². The van der Waals surface area contributed by atoms with Gasteiger partial charge in [0, 0.05) is 4.11 Å². The quantitative estimate of drug-likeness (QED) is 0.754. The fraction of sp³-hybridized carbons (Fsp3) is 0.533. The van der Waals surface area contributed by atoms with Crippen molar-refractivity contribution in [2.24, 2.45) is 5.92 Å². The fourth-order valence-electron chi connectivity index (χ4n) is 1.60. The number of carbonyl (C=O) groups is 1. The van der Waals surface area contributed by atoms with Gasteiger partial charge in [0.25, 0.3) is 0 Å². The maximum atomic E-state index is 11.6. The molecule has 0 bridgehead atoms. The van der Waals surface area contributed by atoms with Crippen LogP contribution >= 0.6 is 0 Å². The third-order valence-corrected chi connectivity index (χ3v) is 2.75. The van der Waals surface area contributed by atoms with Crippen molar-refractivity contribution in [2.45, 2.75) is 39.5 Å². The van der Waals surface area contributed by atoms with Crippen LogP contribution in [0.3, 0.4) is 0 Å². The second-order valence-electron chi connectivity index (χ2n) is 5.23. The second-order valence-corrected chi connectivity index (χ2v) is 5.23. The lowest BCUT2D eigenvalue weighted by Crippen LogP contribution is -2.15. The summed E-state index contributed by atoms with van der Waals surface area (Å²) >= 11 is 0. The van der Waals surface area contributed by atoms with E-state index in [1.54, 1.807) is 0 Å². The molecular weight excluding hydrogens is 212 g/mol. The Hall–Kier alpha value is -1.31. The Morgan fingerprint density at radius 2 is 1.94 bits per heavy atom. The van der Waals surface area contributed by atoms with E-state index in [4.69, 9.17) is 4.11 Å². The van der Waals surface area contributed by atoms with Crippen LogP contribution in [0.4, 0.5) is 0 Å². The molecule has 1 aromatic rings. The zero-order valence-corrected chi connectivity index (χ0v) is 10.9. The third kappa shape index (κ3) is 3.88. The topological polar surface area (TPSA) is 26.3 Å². The molecule has 17 heavy (non-hydrogen) atoms. The van der Waals surface area contributed by atoms with E-state index in [1.165, 1.54) is 12.7 Å². The van der Waals surface area contributed by atoms with Crippen LogP contribution in [0.15, 0.2) is 24.3 Å². The molecule has 0 aliphatic carbocycles. The summed E-state index contributed by atoms with van der Waals surface area (Å²) in [6.07, 6.45) is 0.160. The SMILES string of the molecule is [2H]C([2H])([2H])C(Cc1ccc(C(C)(C)C)cc1)C(=O)OC. The second kappa shape index (κ2) is 5.35. The van der Waals surface area contributed by atoms with Crippen molar-refractivity contribution in [3.8, 4) is 0 Å². The van der Waals surface area contributed by atoms with E-state index in [2.05, 4.69) is 25.5 Å². The molecule has 0 saturated heterocycles. The van der Waals surface area contributed by atoms with Crippen LogP contribution in [0.2, 0.25) is 0 Å². The van der Waals surface area contributed by atoms with Crippen molar-refractivity contribution >= 4 is 5.97 Å². The normalized spacial score (nSPS) is 16.6. The van der Waals surface area contributed by atoms with Crippen molar-refractivity contribution < 1.29 is 13.6 Å². The highest BCUT2D eigenvalue weighted by molar-refractivity contribution is 5.72. The molecule has 0 saturated carbocycles. The van der Waals surface area contributed by atoms with Crippen molar-refractivity contribution in [1.29, 1.82) is 0 Å².